The molecule has 184 valence electrons. The molecule has 5 rings (SSSR count). The molecule has 1 amide bonds. The van der Waals surface area contributed by atoms with Crippen LogP contribution in [0.5, 0.6) is 0 Å². The average molecular weight is 475 g/mol. The summed E-state index contributed by atoms with van der Waals surface area (Å²) in [5, 5.41) is 19.4. The minimum atomic E-state index is 0.0762. The van der Waals surface area contributed by atoms with Crippen LogP contribution in [0.2, 0.25) is 0 Å². The summed E-state index contributed by atoms with van der Waals surface area (Å²) in [5.74, 6) is 2.69. The molecule has 0 saturated carbocycles. The third kappa shape index (κ3) is 5.97. The van der Waals surface area contributed by atoms with Crippen molar-refractivity contribution in [3.05, 3.63) is 60.3 Å². The molecule has 9 heteroatoms. The smallest absolute Gasteiger partial charge is 0.223 e. The molecule has 0 aliphatic carbocycles. The molecule has 2 aliphatic heterocycles. The van der Waals surface area contributed by atoms with Crippen LogP contribution < -0.4 is 15.5 Å². The van der Waals surface area contributed by atoms with Crippen LogP contribution in [0, 0.1) is 5.92 Å². The van der Waals surface area contributed by atoms with Gasteiger partial charge < -0.3 is 15.5 Å². The summed E-state index contributed by atoms with van der Waals surface area (Å²) >= 11 is 0. The van der Waals surface area contributed by atoms with Gasteiger partial charge in [0.05, 0.1) is 6.20 Å². The molecule has 2 fully saturated rings. The van der Waals surface area contributed by atoms with Crippen LogP contribution in [0.15, 0.2) is 54.7 Å². The standard InChI is InChI=1S/C26H34N8O/c1-32-24(9-14-27-32)29-23-7-8-25(31-30-23)34-17-10-21(11-18-34)26(35)28-22-12-15-33(16-13-22)19-20-5-3-2-4-6-20/h2-9,14,21-22H,10-13,15-19H2,1H3,(H,28,35)(H,29,30). The van der Waals surface area contributed by atoms with Gasteiger partial charge in [-0.05, 0) is 43.4 Å². The van der Waals surface area contributed by atoms with Gasteiger partial charge in [-0.1, -0.05) is 30.3 Å². The first-order valence-electron chi connectivity index (χ1n) is 12.5. The summed E-state index contributed by atoms with van der Waals surface area (Å²) in [6.07, 6.45) is 5.46. The quantitative estimate of drug-likeness (QED) is 0.544. The Morgan fingerprint density at radius 2 is 1.71 bits per heavy atom. The third-order valence-electron chi connectivity index (χ3n) is 7.10. The lowest BCUT2D eigenvalue weighted by molar-refractivity contribution is -0.126. The number of amides is 1. The van der Waals surface area contributed by atoms with Gasteiger partial charge in [0, 0.05) is 57.8 Å². The molecule has 9 nitrogen and oxygen atoms in total. The van der Waals surface area contributed by atoms with Crippen LogP contribution in [0.25, 0.3) is 0 Å². The second-order valence-corrected chi connectivity index (χ2v) is 9.55. The van der Waals surface area contributed by atoms with Crippen molar-refractivity contribution >= 4 is 23.4 Å². The van der Waals surface area contributed by atoms with E-state index in [1.54, 1.807) is 10.9 Å². The number of rotatable bonds is 7. The predicted octanol–water partition coefficient (Wildman–Crippen LogP) is 2.95. The summed E-state index contributed by atoms with van der Waals surface area (Å²) in [5.41, 5.74) is 1.35. The van der Waals surface area contributed by atoms with Gasteiger partial charge in [0.15, 0.2) is 11.6 Å². The number of carbonyl (C=O) groups excluding carboxylic acids is 1. The second-order valence-electron chi connectivity index (χ2n) is 9.55. The average Bonchev–Trinajstić information content (AvgIpc) is 3.30. The topological polar surface area (TPSA) is 91.2 Å². The molecule has 35 heavy (non-hydrogen) atoms. The van der Waals surface area contributed by atoms with Gasteiger partial charge >= 0.3 is 0 Å². The van der Waals surface area contributed by atoms with Gasteiger partial charge in [-0.15, -0.1) is 10.2 Å². The number of benzene rings is 1. The first-order chi connectivity index (χ1) is 17.1. The van der Waals surface area contributed by atoms with Crippen LogP contribution in [-0.2, 0) is 18.4 Å². The van der Waals surface area contributed by atoms with Crippen LogP contribution in [0.3, 0.4) is 0 Å². The van der Waals surface area contributed by atoms with E-state index in [-0.39, 0.29) is 17.9 Å². The molecule has 2 saturated heterocycles. The fraction of sp³-hybridized carbons (Fsp3) is 0.462. The van der Waals surface area contributed by atoms with E-state index >= 15 is 0 Å². The Hall–Kier alpha value is -3.46. The van der Waals surface area contributed by atoms with Crippen molar-refractivity contribution < 1.29 is 4.79 Å². The number of likely N-dealkylation sites (tertiary alicyclic amines) is 1. The number of anilines is 3. The van der Waals surface area contributed by atoms with Crippen molar-refractivity contribution in [3.63, 3.8) is 0 Å². The van der Waals surface area contributed by atoms with E-state index in [9.17, 15) is 4.79 Å². The minimum Gasteiger partial charge on any atom is -0.355 e. The normalized spacial score (nSPS) is 17.9. The van der Waals surface area contributed by atoms with Gasteiger partial charge in [0.2, 0.25) is 5.91 Å². The first-order valence-corrected chi connectivity index (χ1v) is 12.5. The number of hydrogen-bond donors (Lipinski definition) is 2. The number of nitrogens with one attached hydrogen (secondary N) is 2. The Morgan fingerprint density at radius 3 is 2.37 bits per heavy atom. The minimum absolute atomic E-state index is 0.0762. The number of piperidine rings is 2. The number of aromatic nitrogens is 4. The third-order valence-corrected chi connectivity index (χ3v) is 7.10. The lowest BCUT2D eigenvalue weighted by Crippen LogP contribution is -2.48. The van der Waals surface area contributed by atoms with Crippen molar-refractivity contribution in [2.75, 3.05) is 36.4 Å². The molecule has 0 radical (unpaired) electrons. The lowest BCUT2D eigenvalue weighted by Gasteiger charge is -2.35. The number of carbonyl (C=O) groups is 1. The zero-order chi connectivity index (χ0) is 24.0. The van der Waals surface area contributed by atoms with E-state index in [0.29, 0.717) is 5.82 Å². The molecule has 0 atom stereocenters. The highest BCUT2D eigenvalue weighted by atomic mass is 16.2. The van der Waals surface area contributed by atoms with Crippen molar-refractivity contribution in [2.24, 2.45) is 13.0 Å². The first kappa shape index (κ1) is 23.3. The van der Waals surface area contributed by atoms with E-state index in [1.807, 2.05) is 25.2 Å². The van der Waals surface area contributed by atoms with E-state index in [2.05, 4.69) is 66.1 Å². The highest BCUT2D eigenvalue weighted by Gasteiger charge is 2.28. The maximum absolute atomic E-state index is 12.9. The van der Waals surface area contributed by atoms with Crippen LogP contribution in [0.4, 0.5) is 17.5 Å². The molecule has 2 N–H and O–H groups in total. The maximum atomic E-state index is 12.9. The van der Waals surface area contributed by atoms with Crippen LogP contribution in [-0.4, -0.2) is 63.0 Å². The predicted molar refractivity (Wildman–Crippen MR) is 136 cm³/mol. The summed E-state index contributed by atoms with van der Waals surface area (Å²) in [6.45, 7) is 4.68. The number of aryl methyl sites for hydroxylation is 1. The Kier molecular flexibility index (Phi) is 7.23. The van der Waals surface area contributed by atoms with Gasteiger partial charge in [-0.25, -0.2) is 0 Å². The molecule has 0 spiro atoms. The Morgan fingerprint density at radius 1 is 0.943 bits per heavy atom. The summed E-state index contributed by atoms with van der Waals surface area (Å²) in [6, 6.07) is 16.7. The summed E-state index contributed by atoms with van der Waals surface area (Å²) < 4.78 is 1.75. The fourth-order valence-corrected chi connectivity index (χ4v) is 4.96. The maximum Gasteiger partial charge on any atom is 0.223 e. The SMILES string of the molecule is Cn1nccc1Nc1ccc(N2CCC(C(=O)NC3CCN(Cc4ccccc4)CC3)CC2)nn1. The zero-order valence-electron chi connectivity index (χ0n) is 20.3. The van der Waals surface area contributed by atoms with E-state index in [4.69, 9.17) is 0 Å². The van der Waals surface area contributed by atoms with Crippen molar-refractivity contribution in [1.29, 1.82) is 0 Å². The van der Waals surface area contributed by atoms with Gasteiger partial charge in [-0.2, -0.15) is 5.10 Å². The zero-order valence-corrected chi connectivity index (χ0v) is 20.3. The Balaban J connectivity index is 1.04. The highest BCUT2D eigenvalue weighted by molar-refractivity contribution is 5.79. The number of nitrogens with zero attached hydrogens (tertiary/aromatic N) is 6. The Labute approximate surface area is 206 Å². The van der Waals surface area contributed by atoms with Gasteiger partial charge in [-0.3, -0.25) is 14.4 Å². The van der Waals surface area contributed by atoms with Crippen molar-refractivity contribution in [3.8, 4) is 0 Å². The lowest BCUT2D eigenvalue weighted by atomic mass is 9.94. The molecule has 0 bridgehead atoms. The molecule has 2 aliphatic rings. The molecular weight excluding hydrogens is 440 g/mol. The molecule has 3 aromatic rings. The fourth-order valence-electron chi connectivity index (χ4n) is 4.96. The van der Waals surface area contributed by atoms with Gasteiger partial charge in [0.1, 0.15) is 5.82 Å². The van der Waals surface area contributed by atoms with Crippen LogP contribution >= 0.6 is 0 Å². The van der Waals surface area contributed by atoms with E-state index < -0.39 is 0 Å². The molecule has 0 unspecified atom stereocenters. The van der Waals surface area contributed by atoms with Crippen LogP contribution in [0.1, 0.15) is 31.2 Å². The van der Waals surface area contributed by atoms with Crippen molar-refractivity contribution in [2.45, 2.75) is 38.3 Å². The molecule has 4 heterocycles. The molecular formula is C26H34N8O. The van der Waals surface area contributed by atoms with E-state index in [1.165, 1.54) is 5.56 Å². The molecule has 2 aromatic heterocycles. The molecule has 1 aromatic carbocycles. The monoisotopic (exact) mass is 474 g/mol. The summed E-state index contributed by atoms with van der Waals surface area (Å²) in [4.78, 5) is 17.6. The summed E-state index contributed by atoms with van der Waals surface area (Å²) in [7, 11) is 1.87. The van der Waals surface area contributed by atoms with E-state index in [0.717, 1.165) is 70.0 Å². The van der Waals surface area contributed by atoms with Gasteiger partial charge in [0.25, 0.3) is 0 Å². The second kappa shape index (κ2) is 10.9. The largest absolute Gasteiger partial charge is 0.355 e. The number of hydrogen-bond acceptors (Lipinski definition) is 7. The Bertz CT molecular complexity index is 1080. The van der Waals surface area contributed by atoms with Crippen molar-refractivity contribution in [1.82, 2.24) is 30.2 Å². The highest BCUT2D eigenvalue weighted by Crippen LogP contribution is 2.23.